The lowest BCUT2D eigenvalue weighted by atomic mass is 9.64. The second-order valence-corrected chi connectivity index (χ2v) is 19.6. The van der Waals surface area contributed by atoms with Crippen LogP contribution in [0.3, 0.4) is 0 Å². The Hall–Kier alpha value is -6.64. The highest BCUT2D eigenvalue weighted by Gasteiger charge is 2.36. The topological polar surface area (TPSA) is 6.48 Å². The number of nitrogens with zero attached hydrogens (tertiary/aromatic N) is 2. The van der Waals surface area contributed by atoms with Crippen LogP contribution in [0.5, 0.6) is 0 Å². The van der Waals surface area contributed by atoms with Crippen molar-refractivity contribution in [3.63, 3.8) is 0 Å². The van der Waals surface area contributed by atoms with Gasteiger partial charge in [-0.2, -0.15) is 0 Å². The lowest BCUT2D eigenvalue weighted by molar-refractivity contribution is 0.346. The molecule has 0 radical (unpaired) electrons. The fourth-order valence-electron chi connectivity index (χ4n) is 11.1. The SMILES string of the molecule is Cc1ccc(N(c2cccc(-c3ccc(C4(c5ccc(-c6cccc(N(c7ccc(C)cc7C)c7ccc(C)cc7C)c6)c(C)c5)CCCCC4)cc3C)c2)c2ccc(C)cc2C)c(C)c1. The molecule has 332 valence electrons. The number of anilines is 6. The first-order valence-corrected chi connectivity index (χ1v) is 24.1. The van der Waals surface area contributed by atoms with Crippen LogP contribution in [0.15, 0.2) is 158 Å². The van der Waals surface area contributed by atoms with Gasteiger partial charge in [-0.05, 0) is 197 Å². The van der Waals surface area contributed by atoms with E-state index in [0.717, 1.165) is 12.8 Å². The minimum atomic E-state index is -0.0278. The fourth-order valence-corrected chi connectivity index (χ4v) is 11.1. The van der Waals surface area contributed by atoms with Crippen molar-refractivity contribution >= 4 is 34.1 Å². The Bertz CT molecular complexity index is 2780. The van der Waals surface area contributed by atoms with Crippen LogP contribution in [-0.4, -0.2) is 0 Å². The number of aryl methyl sites for hydroxylation is 10. The van der Waals surface area contributed by atoms with Crippen molar-refractivity contribution in [2.75, 3.05) is 9.80 Å². The Morgan fingerprint density at radius 3 is 0.985 bits per heavy atom. The van der Waals surface area contributed by atoms with Gasteiger partial charge in [0, 0.05) is 39.5 Å². The van der Waals surface area contributed by atoms with Crippen LogP contribution in [0, 0.1) is 69.2 Å². The van der Waals surface area contributed by atoms with Gasteiger partial charge in [0.05, 0.1) is 0 Å². The Morgan fingerprint density at radius 2 is 0.667 bits per heavy atom. The van der Waals surface area contributed by atoms with Crippen LogP contribution >= 0.6 is 0 Å². The van der Waals surface area contributed by atoms with Gasteiger partial charge in [0.1, 0.15) is 0 Å². The van der Waals surface area contributed by atoms with Crippen LogP contribution in [0.4, 0.5) is 34.1 Å². The zero-order valence-electron chi connectivity index (χ0n) is 40.9. The van der Waals surface area contributed by atoms with Crippen molar-refractivity contribution in [2.24, 2.45) is 0 Å². The summed E-state index contributed by atoms with van der Waals surface area (Å²) < 4.78 is 0. The Morgan fingerprint density at radius 1 is 0.318 bits per heavy atom. The molecule has 1 fully saturated rings. The van der Waals surface area contributed by atoms with Gasteiger partial charge in [-0.3, -0.25) is 0 Å². The second-order valence-electron chi connectivity index (χ2n) is 19.6. The van der Waals surface area contributed by atoms with Gasteiger partial charge >= 0.3 is 0 Å². The van der Waals surface area contributed by atoms with Crippen LogP contribution in [0.2, 0.25) is 0 Å². The van der Waals surface area contributed by atoms with Gasteiger partial charge in [0.25, 0.3) is 0 Å². The van der Waals surface area contributed by atoms with Gasteiger partial charge in [-0.15, -0.1) is 0 Å². The van der Waals surface area contributed by atoms with Crippen molar-refractivity contribution in [3.05, 3.63) is 224 Å². The molecule has 2 nitrogen and oxygen atoms in total. The molecule has 1 aliphatic rings. The quantitative estimate of drug-likeness (QED) is 0.135. The zero-order valence-corrected chi connectivity index (χ0v) is 40.9. The van der Waals surface area contributed by atoms with Gasteiger partial charge in [0.15, 0.2) is 0 Å². The van der Waals surface area contributed by atoms with E-state index >= 15 is 0 Å². The first-order valence-electron chi connectivity index (χ1n) is 24.1. The zero-order chi connectivity index (χ0) is 46.3. The molecule has 0 bridgehead atoms. The summed E-state index contributed by atoms with van der Waals surface area (Å²) in [6.45, 7) is 22.2. The minimum absolute atomic E-state index is 0.0278. The fraction of sp³-hybridized carbons (Fsp3) is 0.250. The highest BCUT2D eigenvalue weighted by atomic mass is 15.2. The third kappa shape index (κ3) is 8.62. The Kier molecular flexibility index (Phi) is 12.4. The maximum absolute atomic E-state index is 2.51. The number of rotatable bonds is 10. The van der Waals surface area contributed by atoms with E-state index in [4.69, 9.17) is 0 Å². The molecular formula is C64H66N2. The van der Waals surface area contributed by atoms with Crippen molar-refractivity contribution in [1.82, 2.24) is 0 Å². The first kappa shape index (κ1) is 44.6. The maximum atomic E-state index is 2.51. The van der Waals surface area contributed by atoms with Gasteiger partial charge < -0.3 is 9.80 Å². The molecule has 0 N–H and O–H groups in total. The summed E-state index contributed by atoms with van der Waals surface area (Å²) in [6, 6.07) is 60.3. The number of benzene rings is 8. The summed E-state index contributed by atoms with van der Waals surface area (Å²) in [5.41, 5.74) is 27.9. The van der Waals surface area contributed by atoms with Gasteiger partial charge in [0.2, 0.25) is 0 Å². The molecule has 0 aromatic heterocycles. The van der Waals surface area contributed by atoms with Crippen molar-refractivity contribution in [3.8, 4) is 22.3 Å². The summed E-state index contributed by atoms with van der Waals surface area (Å²) in [5, 5.41) is 0. The summed E-state index contributed by atoms with van der Waals surface area (Å²) in [4.78, 5) is 4.89. The summed E-state index contributed by atoms with van der Waals surface area (Å²) in [6.07, 6.45) is 6.11. The van der Waals surface area contributed by atoms with Crippen LogP contribution in [0.1, 0.15) is 98.9 Å². The molecule has 1 aliphatic carbocycles. The first-order chi connectivity index (χ1) is 31.8. The summed E-state index contributed by atoms with van der Waals surface area (Å²) in [7, 11) is 0. The van der Waals surface area contributed by atoms with Crippen molar-refractivity contribution < 1.29 is 0 Å². The largest absolute Gasteiger partial charge is 0.310 e. The third-order valence-electron chi connectivity index (χ3n) is 14.5. The maximum Gasteiger partial charge on any atom is 0.0491 e. The third-order valence-corrected chi connectivity index (χ3v) is 14.5. The molecule has 0 heterocycles. The van der Waals surface area contributed by atoms with Crippen LogP contribution < -0.4 is 9.80 Å². The van der Waals surface area contributed by atoms with E-state index in [9.17, 15) is 0 Å². The number of hydrogen-bond acceptors (Lipinski definition) is 2. The highest BCUT2D eigenvalue weighted by molar-refractivity contribution is 5.85. The van der Waals surface area contributed by atoms with E-state index in [2.05, 4.69) is 237 Å². The molecule has 0 aliphatic heterocycles. The standard InChI is InChI=1S/C64H66N2/c1-42-20-28-60(48(7)34-42)65(61-29-21-43(2)35-49(61)8)56-18-14-16-52(40-56)58-26-24-54(38-46(58)5)64(32-12-11-13-33-64)55-25-27-59(47(6)39-55)53-17-15-19-57(41-53)66(62-30-22-44(3)36-50(62)9)63-31-23-45(4)37-51(63)10/h14-31,34-41H,11-13,32-33H2,1-10H3. The van der Waals surface area contributed by atoms with Gasteiger partial charge in [-0.1, -0.05) is 151 Å². The smallest absolute Gasteiger partial charge is 0.0491 e. The van der Waals surface area contributed by atoms with Crippen LogP contribution in [-0.2, 0) is 5.41 Å². The summed E-state index contributed by atoms with van der Waals surface area (Å²) >= 11 is 0. The highest BCUT2D eigenvalue weighted by Crippen LogP contribution is 2.48. The molecule has 0 atom stereocenters. The monoisotopic (exact) mass is 863 g/mol. The molecule has 0 unspecified atom stereocenters. The molecule has 66 heavy (non-hydrogen) atoms. The Balaban J connectivity index is 1.07. The van der Waals surface area contributed by atoms with E-state index in [1.807, 2.05) is 0 Å². The molecule has 0 amide bonds. The van der Waals surface area contributed by atoms with Crippen molar-refractivity contribution in [2.45, 2.75) is 107 Å². The lowest BCUT2D eigenvalue weighted by Crippen LogP contribution is -2.30. The van der Waals surface area contributed by atoms with Crippen LogP contribution in [0.25, 0.3) is 22.3 Å². The molecule has 1 saturated carbocycles. The summed E-state index contributed by atoms with van der Waals surface area (Å²) in [5.74, 6) is 0. The van der Waals surface area contributed by atoms with E-state index in [-0.39, 0.29) is 5.41 Å². The number of hydrogen-bond donors (Lipinski definition) is 0. The lowest BCUT2D eigenvalue weighted by Gasteiger charge is -2.39. The average Bonchev–Trinajstić information content (AvgIpc) is 3.29. The molecular weight excluding hydrogens is 797 g/mol. The average molecular weight is 863 g/mol. The molecule has 8 aromatic carbocycles. The second kappa shape index (κ2) is 18.3. The molecule has 0 spiro atoms. The molecule has 0 saturated heterocycles. The molecule has 8 aromatic rings. The Labute approximate surface area is 395 Å². The van der Waals surface area contributed by atoms with E-state index in [1.165, 1.54) is 142 Å². The van der Waals surface area contributed by atoms with E-state index in [1.54, 1.807) is 0 Å². The predicted molar refractivity (Wildman–Crippen MR) is 284 cm³/mol. The van der Waals surface area contributed by atoms with E-state index in [0.29, 0.717) is 0 Å². The van der Waals surface area contributed by atoms with Gasteiger partial charge in [-0.25, -0.2) is 0 Å². The molecule has 9 rings (SSSR count). The minimum Gasteiger partial charge on any atom is -0.310 e. The molecule has 2 heteroatoms. The van der Waals surface area contributed by atoms with Crippen molar-refractivity contribution in [1.29, 1.82) is 0 Å². The van der Waals surface area contributed by atoms with E-state index < -0.39 is 0 Å². The normalized spacial score (nSPS) is 13.4. The predicted octanol–water partition coefficient (Wildman–Crippen LogP) is 18.3.